The molecule has 0 radical (unpaired) electrons. The minimum Gasteiger partial charge on any atom is -0.466 e. The van der Waals surface area contributed by atoms with E-state index >= 15 is 0 Å². The Hall–Kier alpha value is -2.38. The van der Waals surface area contributed by atoms with Gasteiger partial charge in [0, 0.05) is 12.0 Å². The largest absolute Gasteiger partial charge is 0.466 e. The molecular formula is C10H13N5O3. The molecule has 96 valence electrons. The topological polar surface area (TPSA) is 106 Å². The van der Waals surface area contributed by atoms with Gasteiger partial charge in [0.15, 0.2) is 5.69 Å². The first kappa shape index (κ1) is 12.1. The van der Waals surface area contributed by atoms with Crippen LogP contribution in [0.2, 0.25) is 0 Å². The number of nitrogens with zero attached hydrogens (tertiary/aromatic N) is 3. The van der Waals surface area contributed by atoms with Crippen molar-refractivity contribution in [1.82, 2.24) is 20.3 Å². The van der Waals surface area contributed by atoms with Crippen molar-refractivity contribution in [2.75, 3.05) is 12.4 Å². The third-order valence-electron chi connectivity index (χ3n) is 2.21. The van der Waals surface area contributed by atoms with Crippen molar-refractivity contribution in [3.05, 3.63) is 17.5 Å². The average molecular weight is 251 g/mol. The van der Waals surface area contributed by atoms with Crippen LogP contribution in [0.25, 0.3) is 0 Å². The Bertz CT molecular complexity index is 545. The highest BCUT2D eigenvalue weighted by Gasteiger charge is 2.16. The summed E-state index contributed by atoms with van der Waals surface area (Å²) in [7, 11) is 1.43. The number of aromatic nitrogens is 4. The van der Waals surface area contributed by atoms with Crippen LogP contribution in [0.15, 0.2) is 10.6 Å². The predicted octanol–water partition coefficient (Wildman–Crippen LogP) is 1.18. The Labute approximate surface area is 103 Å². The van der Waals surface area contributed by atoms with Gasteiger partial charge in [-0.3, -0.25) is 10.1 Å². The second kappa shape index (κ2) is 4.86. The standard InChI is InChI=1S/C10H13N5O3/c1-5(2)7-4-6(15-18-7)8(16)11-9-12-10(17-3)14-13-9/h4-5H,1-3H3,(H2,11,12,13,14,16). The third kappa shape index (κ3) is 2.47. The van der Waals surface area contributed by atoms with E-state index in [1.54, 1.807) is 6.07 Å². The number of carbonyl (C=O) groups is 1. The minimum atomic E-state index is -0.426. The third-order valence-corrected chi connectivity index (χ3v) is 2.21. The van der Waals surface area contributed by atoms with Gasteiger partial charge in [0.05, 0.1) is 7.11 Å². The Balaban J connectivity index is 2.06. The van der Waals surface area contributed by atoms with Crippen LogP contribution in [0.4, 0.5) is 5.95 Å². The Morgan fingerprint density at radius 1 is 1.56 bits per heavy atom. The smallest absolute Gasteiger partial charge is 0.336 e. The zero-order valence-corrected chi connectivity index (χ0v) is 10.2. The number of amides is 1. The summed E-state index contributed by atoms with van der Waals surface area (Å²) in [5, 5.41) is 12.4. The van der Waals surface area contributed by atoms with Gasteiger partial charge in [-0.25, -0.2) is 5.10 Å². The van der Waals surface area contributed by atoms with Crippen molar-refractivity contribution >= 4 is 11.9 Å². The van der Waals surface area contributed by atoms with Crippen LogP contribution in [-0.4, -0.2) is 33.4 Å². The van der Waals surface area contributed by atoms with Gasteiger partial charge in [-0.05, 0) is 0 Å². The highest BCUT2D eigenvalue weighted by molar-refractivity contribution is 6.01. The van der Waals surface area contributed by atoms with Gasteiger partial charge in [0.2, 0.25) is 5.95 Å². The molecule has 0 unspecified atom stereocenters. The SMILES string of the molecule is COc1n[nH]c(NC(=O)c2cc(C(C)C)on2)n1. The summed E-state index contributed by atoms with van der Waals surface area (Å²) < 4.78 is 9.81. The van der Waals surface area contributed by atoms with Crippen molar-refractivity contribution in [1.29, 1.82) is 0 Å². The predicted molar refractivity (Wildman–Crippen MR) is 61.5 cm³/mol. The van der Waals surface area contributed by atoms with E-state index in [1.165, 1.54) is 7.11 Å². The van der Waals surface area contributed by atoms with Gasteiger partial charge in [-0.15, -0.1) is 5.10 Å². The van der Waals surface area contributed by atoms with Crippen LogP contribution in [-0.2, 0) is 0 Å². The van der Waals surface area contributed by atoms with Crippen LogP contribution in [0.3, 0.4) is 0 Å². The van der Waals surface area contributed by atoms with Crippen molar-refractivity contribution in [2.24, 2.45) is 0 Å². The quantitative estimate of drug-likeness (QED) is 0.845. The summed E-state index contributed by atoms with van der Waals surface area (Å²) in [6.45, 7) is 3.90. The summed E-state index contributed by atoms with van der Waals surface area (Å²) >= 11 is 0. The lowest BCUT2D eigenvalue weighted by Crippen LogP contribution is -2.13. The zero-order valence-electron chi connectivity index (χ0n) is 10.2. The fourth-order valence-electron chi connectivity index (χ4n) is 1.23. The number of rotatable bonds is 4. The normalized spacial score (nSPS) is 10.7. The number of ether oxygens (including phenoxy) is 1. The number of hydrogen-bond acceptors (Lipinski definition) is 6. The highest BCUT2D eigenvalue weighted by atomic mass is 16.5. The van der Waals surface area contributed by atoms with E-state index in [2.05, 4.69) is 25.7 Å². The first-order chi connectivity index (χ1) is 8.60. The lowest BCUT2D eigenvalue weighted by Gasteiger charge is -1.95. The molecule has 8 heteroatoms. The molecule has 8 nitrogen and oxygen atoms in total. The molecule has 1 amide bonds. The molecule has 2 N–H and O–H groups in total. The van der Waals surface area contributed by atoms with E-state index in [0.29, 0.717) is 5.76 Å². The maximum Gasteiger partial charge on any atom is 0.336 e. The van der Waals surface area contributed by atoms with E-state index in [-0.39, 0.29) is 23.6 Å². The molecule has 2 heterocycles. The maximum absolute atomic E-state index is 11.8. The summed E-state index contributed by atoms with van der Waals surface area (Å²) in [5.74, 6) is 0.579. The van der Waals surface area contributed by atoms with Gasteiger partial charge in [-0.2, -0.15) is 4.98 Å². The van der Waals surface area contributed by atoms with Gasteiger partial charge < -0.3 is 9.26 Å². The summed E-state index contributed by atoms with van der Waals surface area (Å²) in [6.07, 6.45) is 0. The van der Waals surface area contributed by atoms with Crippen molar-refractivity contribution in [3.63, 3.8) is 0 Å². The summed E-state index contributed by atoms with van der Waals surface area (Å²) in [4.78, 5) is 15.6. The first-order valence-electron chi connectivity index (χ1n) is 5.34. The number of carbonyl (C=O) groups excluding carboxylic acids is 1. The summed E-state index contributed by atoms with van der Waals surface area (Å²) in [6, 6.07) is 1.74. The number of H-pyrrole nitrogens is 1. The monoisotopic (exact) mass is 251 g/mol. The molecule has 0 aliphatic heterocycles. The molecule has 2 rings (SSSR count). The van der Waals surface area contributed by atoms with E-state index in [9.17, 15) is 4.79 Å². The molecule has 0 aliphatic rings. The second-order valence-corrected chi connectivity index (χ2v) is 3.89. The number of aromatic amines is 1. The van der Waals surface area contributed by atoms with Crippen LogP contribution >= 0.6 is 0 Å². The number of nitrogens with one attached hydrogen (secondary N) is 2. The lowest BCUT2D eigenvalue weighted by molar-refractivity contribution is 0.101. The first-order valence-corrected chi connectivity index (χ1v) is 5.34. The van der Waals surface area contributed by atoms with E-state index in [4.69, 9.17) is 9.26 Å². The van der Waals surface area contributed by atoms with Gasteiger partial charge in [0.25, 0.3) is 5.91 Å². The second-order valence-electron chi connectivity index (χ2n) is 3.89. The molecule has 0 spiro atoms. The summed E-state index contributed by atoms with van der Waals surface area (Å²) in [5.41, 5.74) is 0.189. The molecule has 0 fully saturated rings. The molecular weight excluding hydrogens is 238 g/mol. The number of methoxy groups -OCH3 is 1. The van der Waals surface area contributed by atoms with Crippen LogP contribution in [0, 0.1) is 0 Å². The van der Waals surface area contributed by atoms with Crippen LogP contribution in [0.1, 0.15) is 36.0 Å². The highest BCUT2D eigenvalue weighted by Crippen LogP contribution is 2.15. The molecule has 0 aliphatic carbocycles. The molecule has 0 saturated carbocycles. The van der Waals surface area contributed by atoms with E-state index in [0.717, 1.165) is 0 Å². The minimum absolute atomic E-state index is 0.147. The Kier molecular flexibility index (Phi) is 3.26. The molecule has 0 bridgehead atoms. The van der Waals surface area contributed by atoms with E-state index in [1.807, 2.05) is 13.8 Å². The molecule has 0 aromatic carbocycles. The van der Waals surface area contributed by atoms with E-state index < -0.39 is 5.91 Å². The van der Waals surface area contributed by atoms with Gasteiger partial charge >= 0.3 is 6.01 Å². The molecule has 2 aromatic heterocycles. The van der Waals surface area contributed by atoms with Crippen molar-refractivity contribution in [2.45, 2.75) is 19.8 Å². The molecule has 0 saturated heterocycles. The lowest BCUT2D eigenvalue weighted by atomic mass is 10.1. The Morgan fingerprint density at radius 3 is 2.89 bits per heavy atom. The fraction of sp³-hybridized carbons (Fsp3) is 0.400. The fourth-order valence-corrected chi connectivity index (χ4v) is 1.23. The van der Waals surface area contributed by atoms with Gasteiger partial charge in [0.1, 0.15) is 5.76 Å². The van der Waals surface area contributed by atoms with Crippen LogP contribution in [0.5, 0.6) is 6.01 Å². The van der Waals surface area contributed by atoms with Crippen molar-refractivity contribution in [3.8, 4) is 6.01 Å². The van der Waals surface area contributed by atoms with Gasteiger partial charge in [-0.1, -0.05) is 19.0 Å². The zero-order chi connectivity index (χ0) is 13.1. The van der Waals surface area contributed by atoms with Crippen molar-refractivity contribution < 1.29 is 14.1 Å². The average Bonchev–Trinajstić information content (AvgIpc) is 2.97. The van der Waals surface area contributed by atoms with Crippen LogP contribution < -0.4 is 10.1 Å². The number of hydrogen-bond donors (Lipinski definition) is 2. The Morgan fingerprint density at radius 2 is 2.33 bits per heavy atom. The molecule has 2 aromatic rings. The molecule has 18 heavy (non-hydrogen) atoms. The maximum atomic E-state index is 11.8. The molecule has 0 atom stereocenters. The number of anilines is 1.